The fraction of sp³-hybridized carbons (Fsp3) is 0.316. The monoisotopic (exact) mass is 379 g/mol. The highest BCUT2D eigenvalue weighted by Crippen LogP contribution is 2.33. The number of benzene rings is 2. The molecule has 1 aliphatic rings. The van der Waals surface area contributed by atoms with Gasteiger partial charge in [0.05, 0.1) is 12.5 Å². The van der Waals surface area contributed by atoms with E-state index in [4.69, 9.17) is 23.2 Å². The van der Waals surface area contributed by atoms with Crippen LogP contribution in [-0.4, -0.2) is 23.6 Å². The minimum Gasteiger partial charge on any atom is -0.335 e. The van der Waals surface area contributed by atoms with Crippen LogP contribution in [0.5, 0.6) is 0 Å². The van der Waals surface area contributed by atoms with Crippen LogP contribution in [0.1, 0.15) is 29.7 Å². The van der Waals surface area contributed by atoms with Gasteiger partial charge in [-0.3, -0.25) is 4.79 Å². The maximum absolute atomic E-state index is 12.9. The lowest BCUT2D eigenvalue weighted by Gasteiger charge is -2.35. The first kappa shape index (κ1) is 17.7. The Hall–Kier alpha value is -1.16. The number of amides is 1. The van der Waals surface area contributed by atoms with Crippen molar-refractivity contribution in [1.82, 2.24) is 4.90 Å². The van der Waals surface area contributed by atoms with Crippen molar-refractivity contribution >= 4 is 40.9 Å². The summed E-state index contributed by atoms with van der Waals surface area (Å²) in [5, 5.41) is 1.12. The standard InChI is InChI=1S/C19H19Cl2NOS/c1-12-15-6-4-3-5-13(15)7-8-22(12)19(23)11-16-17(20)9-14(24-2)10-18(16)21/h3-6,9-10,12H,7-8,11H2,1-2H3/t12-/m0/s1. The van der Waals surface area contributed by atoms with Crippen LogP contribution in [0.3, 0.4) is 0 Å². The summed E-state index contributed by atoms with van der Waals surface area (Å²) in [6.07, 6.45) is 3.09. The second-order valence-corrected chi connectivity index (χ2v) is 7.65. The van der Waals surface area contributed by atoms with E-state index in [1.54, 1.807) is 11.8 Å². The van der Waals surface area contributed by atoms with E-state index < -0.39 is 0 Å². The summed E-state index contributed by atoms with van der Waals surface area (Å²) in [6.45, 7) is 2.81. The molecule has 0 bridgehead atoms. The molecule has 0 saturated heterocycles. The van der Waals surface area contributed by atoms with E-state index in [0.29, 0.717) is 15.6 Å². The molecule has 2 aromatic carbocycles. The fourth-order valence-electron chi connectivity index (χ4n) is 3.23. The van der Waals surface area contributed by atoms with Crippen LogP contribution in [0.15, 0.2) is 41.3 Å². The van der Waals surface area contributed by atoms with Gasteiger partial charge in [-0.1, -0.05) is 47.5 Å². The number of rotatable bonds is 3. The summed E-state index contributed by atoms with van der Waals surface area (Å²) in [4.78, 5) is 15.8. The molecule has 0 spiro atoms. The number of nitrogens with zero attached hydrogens (tertiary/aromatic N) is 1. The van der Waals surface area contributed by atoms with Crippen molar-refractivity contribution in [2.75, 3.05) is 12.8 Å². The quantitative estimate of drug-likeness (QED) is 0.664. The van der Waals surface area contributed by atoms with Crippen molar-refractivity contribution in [3.63, 3.8) is 0 Å². The molecule has 0 fully saturated rings. The number of thioether (sulfide) groups is 1. The summed E-state index contributed by atoms with van der Waals surface area (Å²) in [6, 6.07) is 12.1. The van der Waals surface area contributed by atoms with Crippen LogP contribution in [0.2, 0.25) is 10.0 Å². The Morgan fingerprint density at radius 3 is 2.58 bits per heavy atom. The van der Waals surface area contributed by atoms with Gasteiger partial charge in [0.1, 0.15) is 0 Å². The molecule has 1 amide bonds. The lowest BCUT2D eigenvalue weighted by Crippen LogP contribution is -2.39. The molecule has 24 heavy (non-hydrogen) atoms. The average molecular weight is 380 g/mol. The lowest BCUT2D eigenvalue weighted by atomic mass is 9.93. The van der Waals surface area contributed by atoms with E-state index in [9.17, 15) is 4.79 Å². The third-order valence-corrected chi connectivity index (χ3v) is 5.97. The lowest BCUT2D eigenvalue weighted by molar-refractivity contribution is -0.133. The molecule has 0 aromatic heterocycles. The molecule has 2 aromatic rings. The van der Waals surface area contributed by atoms with E-state index in [-0.39, 0.29) is 18.4 Å². The number of hydrogen-bond donors (Lipinski definition) is 0. The largest absolute Gasteiger partial charge is 0.335 e. The number of carbonyl (C=O) groups is 1. The number of carbonyl (C=O) groups excluding carboxylic acids is 1. The summed E-state index contributed by atoms with van der Waals surface area (Å²) in [7, 11) is 0. The molecule has 0 unspecified atom stereocenters. The van der Waals surface area contributed by atoms with Crippen LogP contribution in [0.4, 0.5) is 0 Å². The van der Waals surface area contributed by atoms with Gasteiger partial charge in [0, 0.05) is 21.5 Å². The van der Waals surface area contributed by atoms with Gasteiger partial charge in [-0.15, -0.1) is 11.8 Å². The normalized spacial score (nSPS) is 16.8. The second kappa shape index (κ2) is 7.38. The Kier molecular flexibility index (Phi) is 5.43. The van der Waals surface area contributed by atoms with E-state index in [1.807, 2.05) is 29.4 Å². The van der Waals surface area contributed by atoms with Crippen molar-refractivity contribution < 1.29 is 4.79 Å². The number of fused-ring (bicyclic) bond motifs is 1. The highest BCUT2D eigenvalue weighted by atomic mass is 35.5. The zero-order valence-corrected chi connectivity index (χ0v) is 16.0. The molecule has 3 rings (SSSR count). The van der Waals surface area contributed by atoms with Crippen molar-refractivity contribution in [2.45, 2.75) is 30.7 Å². The smallest absolute Gasteiger partial charge is 0.227 e. The van der Waals surface area contributed by atoms with Crippen LogP contribution in [0, 0.1) is 0 Å². The van der Waals surface area contributed by atoms with Crippen molar-refractivity contribution in [3.8, 4) is 0 Å². The number of hydrogen-bond acceptors (Lipinski definition) is 2. The topological polar surface area (TPSA) is 20.3 Å². The van der Waals surface area contributed by atoms with Gasteiger partial charge in [0.25, 0.3) is 0 Å². The maximum Gasteiger partial charge on any atom is 0.227 e. The Bertz CT molecular complexity index is 755. The van der Waals surface area contributed by atoms with Crippen LogP contribution in [0.25, 0.3) is 0 Å². The Morgan fingerprint density at radius 1 is 1.25 bits per heavy atom. The first-order valence-electron chi connectivity index (χ1n) is 7.90. The van der Waals surface area contributed by atoms with Gasteiger partial charge in [-0.25, -0.2) is 0 Å². The summed E-state index contributed by atoms with van der Waals surface area (Å²) in [5.41, 5.74) is 3.27. The molecule has 1 atom stereocenters. The Labute approximate surface area is 157 Å². The number of halogens is 2. The molecule has 0 N–H and O–H groups in total. The van der Waals surface area contributed by atoms with Crippen molar-refractivity contribution in [2.24, 2.45) is 0 Å². The van der Waals surface area contributed by atoms with Gasteiger partial charge in [0.15, 0.2) is 0 Å². The molecule has 5 heteroatoms. The first-order valence-corrected chi connectivity index (χ1v) is 9.88. The minimum absolute atomic E-state index is 0.0673. The summed E-state index contributed by atoms with van der Waals surface area (Å²) < 4.78 is 0. The van der Waals surface area contributed by atoms with E-state index in [0.717, 1.165) is 17.9 Å². The molecular formula is C19H19Cl2NOS. The van der Waals surface area contributed by atoms with Gasteiger partial charge < -0.3 is 4.90 Å². The highest BCUT2D eigenvalue weighted by molar-refractivity contribution is 7.98. The third kappa shape index (κ3) is 3.44. The fourth-order valence-corrected chi connectivity index (χ4v) is 4.45. The van der Waals surface area contributed by atoms with E-state index >= 15 is 0 Å². The molecule has 2 nitrogen and oxygen atoms in total. The molecule has 0 aliphatic carbocycles. The molecule has 1 heterocycles. The summed E-state index contributed by atoms with van der Waals surface area (Å²) in [5.74, 6) is 0.0673. The molecular weight excluding hydrogens is 361 g/mol. The van der Waals surface area contributed by atoms with Crippen LogP contribution < -0.4 is 0 Å². The van der Waals surface area contributed by atoms with Gasteiger partial charge >= 0.3 is 0 Å². The van der Waals surface area contributed by atoms with Gasteiger partial charge in [-0.05, 0) is 48.4 Å². The van der Waals surface area contributed by atoms with Crippen molar-refractivity contribution in [3.05, 3.63) is 63.1 Å². The van der Waals surface area contributed by atoms with Gasteiger partial charge in [-0.2, -0.15) is 0 Å². The van der Waals surface area contributed by atoms with Crippen LogP contribution in [-0.2, 0) is 17.6 Å². The Morgan fingerprint density at radius 2 is 1.92 bits per heavy atom. The minimum atomic E-state index is 0.0673. The first-order chi connectivity index (χ1) is 11.5. The highest BCUT2D eigenvalue weighted by Gasteiger charge is 2.28. The van der Waals surface area contributed by atoms with Gasteiger partial charge in [0.2, 0.25) is 5.91 Å². The molecule has 0 saturated carbocycles. The maximum atomic E-state index is 12.9. The third-order valence-electron chi connectivity index (χ3n) is 4.59. The molecule has 126 valence electrons. The summed E-state index contributed by atoms with van der Waals surface area (Å²) >= 11 is 14.3. The van der Waals surface area contributed by atoms with Crippen molar-refractivity contribution in [1.29, 1.82) is 0 Å². The SMILES string of the molecule is CSc1cc(Cl)c(CC(=O)N2CCc3ccccc3[C@@H]2C)c(Cl)c1. The van der Waals surface area contributed by atoms with E-state index in [1.165, 1.54) is 11.1 Å². The van der Waals surface area contributed by atoms with Crippen LogP contribution >= 0.6 is 35.0 Å². The Balaban J connectivity index is 1.82. The molecule has 0 radical (unpaired) electrons. The predicted octanol–water partition coefficient (Wildman–Crippen LogP) is 5.40. The van der Waals surface area contributed by atoms with E-state index in [2.05, 4.69) is 25.1 Å². The average Bonchev–Trinajstić information content (AvgIpc) is 2.58. The zero-order chi connectivity index (χ0) is 17.3. The molecule has 1 aliphatic heterocycles. The second-order valence-electron chi connectivity index (χ2n) is 5.96. The predicted molar refractivity (Wildman–Crippen MR) is 102 cm³/mol. The zero-order valence-electron chi connectivity index (χ0n) is 13.7.